The fraction of sp³-hybridized carbons (Fsp3) is 0.778. The molecule has 0 saturated heterocycles. The van der Waals surface area contributed by atoms with Crippen LogP contribution in [0.1, 0.15) is 13.8 Å². The molecule has 0 aromatic rings. The lowest BCUT2D eigenvalue weighted by atomic mass is 10.4. The van der Waals surface area contributed by atoms with E-state index in [-0.39, 0.29) is 17.9 Å². The Morgan fingerprint density at radius 3 is 2.47 bits per heavy atom. The summed E-state index contributed by atoms with van der Waals surface area (Å²) >= 11 is 1.51. The third kappa shape index (κ3) is 11.2. The molecule has 6 heteroatoms. The molecular weight excluding hydrogens is 214 g/mol. The first-order valence-electron chi connectivity index (χ1n) is 4.87. The molecule has 0 aliphatic carbocycles. The average molecular weight is 233 g/mol. The van der Waals surface area contributed by atoms with Crippen LogP contribution in [-0.4, -0.2) is 42.5 Å². The van der Waals surface area contributed by atoms with E-state index in [2.05, 4.69) is 10.6 Å². The number of nitrogens with two attached hydrogens (primary N) is 1. The van der Waals surface area contributed by atoms with E-state index in [9.17, 15) is 9.59 Å². The third-order valence-electron chi connectivity index (χ3n) is 1.44. The Bertz CT molecular complexity index is 210. The highest BCUT2D eigenvalue weighted by Gasteiger charge is 2.01. The lowest BCUT2D eigenvalue weighted by Gasteiger charge is -2.06. The largest absolute Gasteiger partial charge is 0.355 e. The number of thioether (sulfide) groups is 1. The Hall–Kier alpha value is -0.750. The van der Waals surface area contributed by atoms with Gasteiger partial charge >= 0.3 is 0 Å². The van der Waals surface area contributed by atoms with E-state index in [1.807, 2.05) is 6.92 Å². The highest BCUT2D eigenvalue weighted by Crippen LogP contribution is 1.99. The van der Waals surface area contributed by atoms with Crippen LogP contribution < -0.4 is 16.4 Å². The zero-order valence-electron chi connectivity index (χ0n) is 9.21. The maximum Gasteiger partial charge on any atom is 0.230 e. The lowest BCUT2D eigenvalue weighted by molar-refractivity contribution is -0.120. The molecule has 5 nitrogen and oxygen atoms in total. The Labute approximate surface area is 94.5 Å². The molecule has 0 radical (unpaired) electrons. The van der Waals surface area contributed by atoms with Gasteiger partial charge in [0.05, 0.1) is 5.75 Å². The fourth-order valence-electron chi connectivity index (χ4n) is 0.829. The van der Waals surface area contributed by atoms with Crippen molar-refractivity contribution < 1.29 is 9.59 Å². The summed E-state index contributed by atoms with van der Waals surface area (Å²) in [4.78, 5) is 21.7. The summed E-state index contributed by atoms with van der Waals surface area (Å²) < 4.78 is 0. The van der Waals surface area contributed by atoms with Crippen LogP contribution in [-0.2, 0) is 9.59 Å². The van der Waals surface area contributed by atoms with E-state index in [4.69, 9.17) is 5.73 Å². The highest BCUT2D eigenvalue weighted by atomic mass is 32.2. The number of rotatable bonds is 7. The first-order chi connectivity index (χ1) is 7.02. The van der Waals surface area contributed by atoms with Gasteiger partial charge in [0, 0.05) is 31.8 Å². The topological polar surface area (TPSA) is 84.2 Å². The van der Waals surface area contributed by atoms with Crippen LogP contribution in [0.5, 0.6) is 0 Å². The quantitative estimate of drug-likeness (QED) is 0.509. The summed E-state index contributed by atoms with van der Waals surface area (Å²) in [5, 5.41) is 5.29. The molecular formula is C9H19N3O2S. The number of carbonyl (C=O) groups is 2. The molecule has 0 saturated carbocycles. The molecule has 0 aromatic heterocycles. The van der Waals surface area contributed by atoms with Crippen LogP contribution in [0.25, 0.3) is 0 Å². The highest BCUT2D eigenvalue weighted by molar-refractivity contribution is 7.99. The normalized spacial score (nSPS) is 11.9. The molecule has 1 atom stereocenters. The van der Waals surface area contributed by atoms with Gasteiger partial charge in [-0.05, 0) is 6.92 Å². The second kappa shape index (κ2) is 8.55. The zero-order valence-corrected chi connectivity index (χ0v) is 10.0. The number of hydrogen-bond acceptors (Lipinski definition) is 4. The Morgan fingerprint density at radius 1 is 1.33 bits per heavy atom. The first-order valence-corrected chi connectivity index (χ1v) is 6.02. The minimum atomic E-state index is -0.0874. The van der Waals surface area contributed by atoms with Crippen LogP contribution in [0.15, 0.2) is 0 Å². The van der Waals surface area contributed by atoms with E-state index >= 15 is 0 Å². The predicted molar refractivity (Wildman–Crippen MR) is 62.7 cm³/mol. The molecule has 0 bridgehead atoms. The molecule has 2 amide bonds. The fourth-order valence-corrected chi connectivity index (χ4v) is 1.61. The summed E-state index contributed by atoms with van der Waals surface area (Å²) in [5.74, 6) is 1.09. The Balaban J connectivity index is 3.30. The summed E-state index contributed by atoms with van der Waals surface area (Å²) in [6.07, 6.45) is 0. The first kappa shape index (κ1) is 14.2. The van der Waals surface area contributed by atoms with Crippen molar-refractivity contribution in [3.63, 3.8) is 0 Å². The van der Waals surface area contributed by atoms with Gasteiger partial charge in [-0.1, -0.05) is 0 Å². The van der Waals surface area contributed by atoms with E-state index in [1.54, 1.807) is 0 Å². The van der Waals surface area contributed by atoms with Gasteiger partial charge in [-0.25, -0.2) is 0 Å². The van der Waals surface area contributed by atoms with Gasteiger partial charge in [-0.15, -0.1) is 0 Å². The predicted octanol–water partition coefficient (Wildman–Crippen LogP) is -0.681. The minimum Gasteiger partial charge on any atom is -0.355 e. The van der Waals surface area contributed by atoms with Gasteiger partial charge in [-0.3, -0.25) is 9.59 Å². The van der Waals surface area contributed by atoms with Crippen molar-refractivity contribution in [2.24, 2.45) is 5.73 Å². The second-order valence-corrected chi connectivity index (χ2v) is 4.36. The monoisotopic (exact) mass is 233 g/mol. The van der Waals surface area contributed by atoms with Gasteiger partial charge in [0.25, 0.3) is 0 Å². The second-order valence-electron chi connectivity index (χ2n) is 3.33. The molecule has 0 spiro atoms. The van der Waals surface area contributed by atoms with Gasteiger partial charge < -0.3 is 16.4 Å². The van der Waals surface area contributed by atoms with Crippen molar-refractivity contribution in [2.45, 2.75) is 19.9 Å². The van der Waals surface area contributed by atoms with Gasteiger partial charge in [0.15, 0.2) is 0 Å². The van der Waals surface area contributed by atoms with Gasteiger partial charge in [0.1, 0.15) is 0 Å². The summed E-state index contributed by atoms with van der Waals surface area (Å²) in [5.41, 5.74) is 5.53. The molecule has 15 heavy (non-hydrogen) atoms. The van der Waals surface area contributed by atoms with Crippen LogP contribution in [0.4, 0.5) is 0 Å². The Kier molecular flexibility index (Phi) is 8.12. The molecule has 0 rings (SSSR count). The van der Waals surface area contributed by atoms with Gasteiger partial charge in [-0.2, -0.15) is 11.8 Å². The van der Waals surface area contributed by atoms with Gasteiger partial charge in [0.2, 0.25) is 11.8 Å². The van der Waals surface area contributed by atoms with Crippen LogP contribution >= 0.6 is 11.8 Å². The Morgan fingerprint density at radius 2 is 1.93 bits per heavy atom. The van der Waals surface area contributed by atoms with Crippen LogP contribution in [0.3, 0.4) is 0 Å². The van der Waals surface area contributed by atoms with E-state index in [1.165, 1.54) is 18.7 Å². The summed E-state index contributed by atoms with van der Waals surface area (Å²) in [6, 6.07) is 0.113. The maximum absolute atomic E-state index is 11.2. The number of hydrogen-bond donors (Lipinski definition) is 3. The van der Waals surface area contributed by atoms with Crippen molar-refractivity contribution in [3.8, 4) is 0 Å². The maximum atomic E-state index is 11.2. The van der Waals surface area contributed by atoms with Crippen molar-refractivity contribution in [3.05, 3.63) is 0 Å². The number of nitrogens with one attached hydrogen (secondary N) is 2. The molecule has 4 N–H and O–H groups in total. The van der Waals surface area contributed by atoms with E-state index < -0.39 is 0 Å². The molecule has 1 unspecified atom stereocenters. The minimum absolute atomic E-state index is 0.0222. The molecule has 0 aliphatic rings. The average Bonchev–Trinajstić information content (AvgIpc) is 2.11. The molecule has 0 heterocycles. The summed E-state index contributed by atoms with van der Waals surface area (Å²) in [6.45, 7) is 4.29. The molecule has 0 fully saturated rings. The number of carbonyl (C=O) groups excluding carboxylic acids is 2. The smallest absolute Gasteiger partial charge is 0.230 e. The third-order valence-corrected chi connectivity index (χ3v) is 2.66. The summed E-state index contributed by atoms with van der Waals surface area (Å²) in [7, 11) is 0. The van der Waals surface area contributed by atoms with Crippen molar-refractivity contribution in [2.75, 3.05) is 24.6 Å². The molecule has 0 aliphatic heterocycles. The number of amides is 2. The van der Waals surface area contributed by atoms with Crippen molar-refractivity contribution >= 4 is 23.6 Å². The SMILES string of the molecule is CC(=O)NCCNC(=O)CSCC(C)N. The zero-order chi connectivity index (χ0) is 11.7. The van der Waals surface area contributed by atoms with E-state index in [0.717, 1.165) is 5.75 Å². The van der Waals surface area contributed by atoms with Crippen molar-refractivity contribution in [1.29, 1.82) is 0 Å². The lowest BCUT2D eigenvalue weighted by Crippen LogP contribution is -2.34. The van der Waals surface area contributed by atoms with Crippen molar-refractivity contribution in [1.82, 2.24) is 10.6 Å². The standard InChI is InChI=1S/C9H19N3O2S/c1-7(10)5-15-6-9(14)12-4-3-11-8(2)13/h7H,3-6,10H2,1-2H3,(H,11,13)(H,12,14). The molecule has 0 aromatic carbocycles. The van der Waals surface area contributed by atoms with E-state index in [0.29, 0.717) is 18.8 Å². The molecule has 88 valence electrons. The van der Waals surface area contributed by atoms with Crippen LogP contribution in [0, 0.1) is 0 Å². The van der Waals surface area contributed by atoms with Crippen LogP contribution in [0.2, 0.25) is 0 Å².